The van der Waals surface area contributed by atoms with Crippen molar-refractivity contribution < 1.29 is 9.47 Å². The molecule has 1 aromatic heterocycles. The summed E-state index contributed by atoms with van der Waals surface area (Å²) in [5.74, 6) is 1.49. The number of methoxy groups -OCH3 is 2. The number of nitrogens with zero attached hydrogens (tertiary/aromatic N) is 3. The molecule has 0 radical (unpaired) electrons. The number of ether oxygens (including phenoxy) is 2. The van der Waals surface area contributed by atoms with Crippen LogP contribution in [0.25, 0.3) is 0 Å². The third kappa shape index (κ3) is 2.68. The minimum Gasteiger partial charge on any atom is -0.377 e. The van der Waals surface area contributed by atoms with Crippen LogP contribution in [0.2, 0.25) is 5.15 Å². The lowest BCUT2D eigenvalue weighted by molar-refractivity contribution is -0.00461. The van der Waals surface area contributed by atoms with E-state index in [-0.39, 0.29) is 12.2 Å². The Morgan fingerprint density at radius 3 is 2.29 bits per heavy atom. The molecule has 1 saturated heterocycles. The van der Waals surface area contributed by atoms with Crippen LogP contribution in [0, 0.1) is 6.92 Å². The van der Waals surface area contributed by atoms with Crippen molar-refractivity contribution in [3.8, 4) is 0 Å². The lowest BCUT2D eigenvalue weighted by atomic mass is 10.3. The van der Waals surface area contributed by atoms with Gasteiger partial charge in [-0.05, 0) is 6.92 Å². The second-order valence-corrected chi connectivity index (χ2v) is 4.44. The van der Waals surface area contributed by atoms with E-state index in [4.69, 9.17) is 21.1 Å². The highest BCUT2D eigenvalue weighted by Gasteiger charge is 2.33. The molecule has 0 spiro atoms. The number of hydrogen-bond acceptors (Lipinski definition) is 5. The third-order valence-electron chi connectivity index (χ3n) is 2.94. The molecule has 0 N–H and O–H groups in total. The first-order valence-electron chi connectivity index (χ1n) is 5.45. The molecule has 5 nitrogen and oxygen atoms in total. The zero-order chi connectivity index (χ0) is 12.4. The molecule has 0 unspecified atom stereocenters. The highest BCUT2D eigenvalue weighted by Crippen LogP contribution is 2.23. The molecule has 2 rings (SSSR count). The molecule has 2 heterocycles. The molecule has 1 aromatic rings. The average molecular weight is 258 g/mol. The van der Waals surface area contributed by atoms with E-state index >= 15 is 0 Å². The van der Waals surface area contributed by atoms with E-state index in [9.17, 15) is 0 Å². The van der Waals surface area contributed by atoms with Crippen LogP contribution in [0.1, 0.15) is 5.82 Å². The van der Waals surface area contributed by atoms with E-state index in [1.807, 2.05) is 6.92 Å². The van der Waals surface area contributed by atoms with Crippen molar-refractivity contribution in [3.05, 3.63) is 17.0 Å². The number of rotatable bonds is 3. The van der Waals surface area contributed by atoms with Crippen molar-refractivity contribution in [1.82, 2.24) is 9.97 Å². The van der Waals surface area contributed by atoms with Gasteiger partial charge in [0.25, 0.3) is 0 Å². The van der Waals surface area contributed by atoms with Crippen LogP contribution in [0.4, 0.5) is 5.82 Å². The minimum absolute atomic E-state index is 0.0639. The maximum Gasteiger partial charge on any atom is 0.134 e. The van der Waals surface area contributed by atoms with Crippen molar-refractivity contribution in [2.45, 2.75) is 19.1 Å². The van der Waals surface area contributed by atoms with Crippen molar-refractivity contribution in [2.24, 2.45) is 0 Å². The molecule has 0 amide bonds. The molecule has 1 fully saturated rings. The molecule has 1 aliphatic rings. The molecule has 17 heavy (non-hydrogen) atoms. The number of hydrogen-bond donors (Lipinski definition) is 0. The molecular weight excluding hydrogens is 242 g/mol. The van der Waals surface area contributed by atoms with Gasteiger partial charge in [-0.1, -0.05) is 11.6 Å². The Bertz CT molecular complexity index is 370. The summed E-state index contributed by atoms with van der Waals surface area (Å²) in [6.07, 6.45) is 0.128. The maximum atomic E-state index is 5.93. The van der Waals surface area contributed by atoms with Gasteiger partial charge in [0, 0.05) is 33.4 Å². The summed E-state index contributed by atoms with van der Waals surface area (Å²) in [7, 11) is 3.39. The zero-order valence-electron chi connectivity index (χ0n) is 10.2. The summed E-state index contributed by atoms with van der Waals surface area (Å²) in [5.41, 5.74) is 0. The normalized spacial score (nSPS) is 24.4. The van der Waals surface area contributed by atoms with Gasteiger partial charge < -0.3 is 14.4 Å². The monoisotopic (exact) mass is 257 g/mol. The smallest absolute Gasteiger partial charge is 0.134 e. The molecular formula is C11H16ClN3O2. The predicted octanol–water partition coefficient (Wildman–Crippen LogP) is 1.29. The van der Waals surface area contributed by atoms with E-state index in [0.717, 1.165) is 18.9 Å². The Labute approximate surface area is 106 Å². The summed E-state index contributed by atoms with van der Waals surface area (Å²) in [6, 6.07) is 1.76. The molecule has 0 saturated carbocycles. The van der Waals surface area contributed by atoms with Crippen molar-refractivity contribution in [3.63, 3.8) is 0 Å². The average Bonchev–Trinajstić information content (AvgIpc) is 2.70. The molecule has 0 bridgehead atoms. The zero-order valence-corrected chi connectivity index (χ0v) is 10.9. The van der Waals surface area contributed by atoms with Gasteiger partial charge in [0.15, 0.2) is 0 Å². The van der Waals surface area contributed by atoms with E-state index in [2.05, 4.69) is 14.9 Å². The van der Waals surface area contributed by atoms with Gasteiger partial charge in [0.1, 0.15) is 29.0 Å². The van der Waals surface area contributed by atoms with Crippen LogP contribution in [-0.4, -0.2) is 49.5 Å². The van der Waals surface area contributed by atoms with Crippen LogP contribution in [0.3, 0.4) is 0 Å². The summed E-state index contributed by atoms with van der Waals surface area (Å²) in [6.45, 7) is 3.33. The van der Waals surface area contributed by atoms with E-state index in [1.165, 1.54) is 0 Å². The van der Waals surface area contributed by atoms with E-state index in [1.54, 1.807) is 20.3 Å². The van der Waals surface area contributed by atoms with Gasteiger partial charge in [0.2, 0.25) is 0 Å². The predicted molar refractivity (Wildman–Crippen MR) is 65.6 cm³/mol. The van der Waals surface area contributed by atoms with Gasteiger partial charge in [-0.15, -0.1) is 0 Å². The second kappa shape index (κ2) is 5.16. The number of aryl methyl sites for hydroxylation is 1. The molecule has 94 valence electrons. The summed E-state index contributed by atoms with van der Waals surface area (Å²) in [4.78, 5) is 10.5. The Balaban J connectivity index is 2.18. The van der Waals surface area contributed by atoms with Gasteiger partial charge in [-0.25, -0.2) is 9.97 Å². The summed E-state index contributed by atoms with van der Waals surface area (Å²) >= 11 is 5.93. The van der Waals surface area contributed by atoms with Crippen molar-refractivity contribution in [1.29, 1.82) is 0 Å². The van der Waals surface area contributed by atoms with Crippen LogP contribution in [0.5, 0.6) is 0 Å². The Kier molecular flexibility index (Phi) is 3.81. The van der Waals surface area contributed by atoms with Crippen molar-refractivity contribution >= 4 is 17.4 Å². The number of anilines is 1. The van der Waals surface area contributed by atoms with Gasteiger partial charge in [-0.3, -0.25) is 0 Å². The molecule has 1 aliphatic heterocycles. The summed E-state index contributed by atoms with van der Waals surface area (Å²) in [5, 5.41) is 0.460. The topological polar surface area (TPSA) is 47.5 Å². The van der Waals surface area contributed by atoms with Crippen LogP contribution in [0.15, 0.2) is 6.07 Å². The first-order valence-corrected chi connectivity index (χ1v) is 5.83. The molecule has 0 aromatic carbocycles. The second-order valence-electron chi connectivity index (χ2n) is 4.05. The standard InChI is InChI=1S/C11H16ClN3O2/c1-7-13-10(12)4-11(14-7)15-5-8(16-2)9(6-15)17-3/h4,8-9H,5-6H2,1-3H3/t8-,9+. The molecule has 6 heteroatoms. The highest BCUT2D eigenvalue weighted by molar-refractivity contribution is 6.29. The molecule has 0 aliphatic carbocycles. The first kappa shape index (κ1) is 12.5. The van der Waals surface area contributed by atoms with Crippen LogP contribution < -0.4 is 4.90 Å². The van der Waals surface area contributed by atoms with E-state index in [0.29, 0.717) is 11.0 Å². The fourth-order valence-electron chi connectivity index (χ4n) is 2.06. The maximum absolute atomic E-state index is 5.93. The Hall–Kier alpha value is -0.910. The van der Waals surface area contributed by atoms with Crippen molar-refractivity contribution in [2.75, 3.05) is 32.2 Å². The number of aromatic nitrogens is 2. The minimum atomic E-state index is 0.0639. The fraction of sp³-hybridized carbons (Fsp3) is 0.636. The summed E-state index contributed by atoms with van der Waals surface area (Å²) < 4.78 is 10.8. The third-order valence-corrected chi connectivity index (χ3v) is 3.13. The SMILES string of the molecule is CO[C@H]1CN(c2cc(Cl)nc(C)n2)C[C@H]1OC. The van der Waals surface area contributed by atoms with Crippen LogP contribution in [-0.2, 0) is 9.47 Å². The first-order chi connectivity index (χ1) is 8.13. The molecule has 2 atom stereocenters. The van der Waals surface area contributed by atoms with Gasteiger partial charge >= 0.3 is 0 Å². The lowest BCUT2D eigenvalue weighted by Crippen LogP contribution is -2.27. The highest BCUT2D eigenvalue weighted by atomic mass is 35.5. The quantitative estimate of drug-likeness (QED) is 0.764. The largest absolute Gasteiger partial charge is 0.377 e. The van der Waals surface area contributed by atoms with Gasteiger partial charge in [0.05, 0.1) is 0 Å². The lowest BCUT2D eigenvalue weighted by Gasteiger charge is -2.17. The fourth-order valence-corrected chi connectivity index (χ4v) is 2.28. The van der Waals surface area contributed by atoms with E-state index < -0.39 is 0 Å². The van der Waals surface area contributed by atoms with Gasteiger partial charge in [-0.2, -0.15) is 0 Å². The Morgan fingerprint density at radius 2 is 1.82 bits per heavy atom. The number of halogens is 1. The van der Waals surface area contributed by atoms with Crippen LogP contribution >= 0.6 is 11.6 Å². The Morgan fingerprint density at radius 1 is 1.24 bits per heavy atom.